The SMILES string of the molecule is C[C@@H]1C[C@@](N)(C(=O)O)C[C@H]1C(=O)O. The fraction of sp³-hybridized carbons (Fsp3) is 0.750. The Kier molecular flexibility index (Phi) is 2.30. The molecule has 1 rings (SSSR count). The van der Waals surface area contributed by atoms with Crippen molar-refractivity contribution < 1.29 is 19.8 Å². The van der Waals surface area contributed by atoms with Crippen LogP contribution in [0.2, 0.25) is 0 Å². The molecule has 1 fully saturated rings. The van der Waals surface area contributed by atoms with Crippen molar-refractivity contribution in [3.05, 3.63) is 0 Å². The van der Waals surface area contributed by atoms with Crippen LogP contribution in [-0.4, -0.2) is 27.7 Å². The lowest BCUT2D eigenvalue weighted by Crippen LogP contribution is -2.45. The molecule has 0 bridgehead atoms. The molecule has 5 heteroatoms. The van der Waals surface area contributed by atoms with Crippen molar-refractivity contribution in [3.63, 3.8) is 0 Å². The Morgan fingerprint density at radius 1 is 1.38 bits per heavy atom. The molecule has 3 atom stereocenters. The molecule has 0 saturated heterocycles. The second-order valence-electron chi connectivity index (χ2n) is 3.79. The predicted molar refractivity (Wildman–Crippen MR) is 44.1 cm³/mol. The summed E-state index contributed by atoms with van der Waals surface area (Å²) in [6.07, 6.45) is 0.262. The molecule has 0 amide bonds. The van der Waals surface area contributed by atoms with Crippen molar-refractivity contribution in [2.45, 2.75) is 25.3 Å². The summed E-state index contributed by atoms with van der Waals surface area (Å²) in [4.78, 5) is 21.4. The first-order valence-electron chi connectivity index (χ1n) is 4.12. The van der Waals surface area contributed by atoms with Crippen LogP contribution < -0.4 is 5.73 Å². The maximum absolute atomic E-state index is 10.7. The van der Waals surface area contributed by atoms with E-state index in [-0.39, 0.29) is 18.8 Å². The quantitative estimate of drug-likeness (QED) is 0.560. The van der Waals surface area contributed by atoms with Crippen LogP contribution in [0.25, 0.3) is 0 Å². The van der Waals surface area contributed by atoms with Crippen LogP contribution >= 0.6 is 0 Å². The second kappa shape index (κ2) is 2.99. The lowest BCUT2D eigenvalue weighted by atomic mass is 9.98. The van der Waals surface area contributed by atoms with Gasteiger partial charge in [0.15, 0.2) is 0 Å². The maximum Gasteiger partial charge on any atom is 0.323 e. The van der Waals surface area contributed by atoms with Crippen molar-refractivity contribution in [2.75, 3.05) is 0 Å². The molecule has 13 heavy (non-hydrogen) atoms. The molecule has 0 aromatic rings. The minimum absolute atomic E-state index is 0.0266. The van der Waals surface area contributed by atoms with Crippen LogP contribution in [0.1, 0.15) is 19.8 Å². The Hall–Kier alpha value is -1.10. The molecular weight excluding hydrogens is 174 g/mol. The zero-order valence-electron chi connectivity index (χ0n) is 7.36. The Morgan fingerprint density at radius 2 is 1.92 bits per heavy atom. The Balaban J connectivity index is 2.80. The normalized spacial score (nSPS) is 38.9. The molecule has 0 aliphatic heterocycles. The van der Waals surface area contributed by atoms with Gasteiger partial charge in [-0.2, -0.15) is 0 Å². The molecule has 4 N–H and O–H groups in total. The molecule has 0 unspecified atom stereocenters. The fourth-order valence-corrected chi connectivity index (χ4v) is 1.90. The standard InChI is InChI=1S/C8H13NO4/c1-4-2-8(9,7(12)13)3-5(4)6(10)11/h4-5H,2-3,9H2,1H3,(H,10,11)(H,12,13)/t4-,5-,8+/m1/s1. The van der Waals surface area contributed by atoms with Gasteiger partial charge in [0.05, 0.1) is 5.92 Å². The van der Waals surface area contributed by atoms with Crippen LogP contribution in [-0.2, 0) is 9.59 Å². The van der Waals surface area contributed by atoms with Crippen molar-refractivity contribution in [1.82, 2.24) is 0 Å². The molecule has 74 valence electrons. The number of carboxylic acids is 2. The number of nitrogens with two attached hydrogens (primary N) is 1. The number of hydrogen-bond donors (Lipinski definition) is 3. The van der Waals surface area contributed by atoms with Crippen molar-refractivity contribution in [3.8, 4) is 0 Å². The van der Waals surface area contributed by atoms with Gasteiger partial charge in [-0.1, -0.05) is 6.92 Å². The van der Waals surface area contributed by atoms with E-state index in [0.29, 0.717) is 0 Å². The molecule has 0 heterocycles. The lowest BCUT2D eigenvalue weighted by molar-refractivity contribution is -0.144. The summed E-state index contributed by atoms with van der Waals surface area (Å²) in [5.41, 5.74) is 4.21. The first-order valence-corrected chi connectivity index (χ1v) is 4.12. The third kappa shape index (κ3) is 1.65. The zero-order valence-corrected chi connectivity index (χ0v) is 7.36. The third-order valence-electron chi connectivity index (χ3n) is 2.70. The van der Waals surface area contributed by atoms with Gasteiger partial charge in [-0.25, -0.2) is 0 Å². The van der Waals surface area contributed by atoms with Gasteiger partial charge in [-0.05, 0) is 18.8 Å². The number of aliphatic carboxylic acids is 2. The smallest absolute Gasteiger partial charge is 0.323 e. The van der Waals surface area contributed by atoms with E-state index < -0.39 is 23.4 Å². The highest BCUT2D eigenvalue weighted by Gasteiger charge is 2.48. The maximum atomic E-state index is 10.7. The van der Waals surface area contributed by atoms with Crippen molar-refractivity contribution in [1.29, 1.82) is 0 Å². The monoisotopic (exact) mass is 187 g/mol. The van der Waals surface area contributed by atoms with E-state index in [1.165, 1.54) is 0 Å². The molecular formula is C8H13NO4. The highest BCUT2D eigenvalue weighted by atomic mass is 16.4. The van der Waals surface area contributed by atoms with Crippen LogP contribution in [0.4, 0.5) is 0 Å². The summed E-state index contributed by atoms with van der Waals surface area (Å²) in [5, 5.41) is 17.5. The van der Waals surface area contributed by atoms with Gasteiger partial charge in [0, 0.05) is 0 Å². The first kappa shape index (κ1) is 9.98. The number of carbonyl (C=O) groups is 2. The minimum Gasteiger partial charge on any atom is -0.481 e. The number of hydrogen-bond acceptors (Lipinski definition) is 3. The molecule has 1 saturated carbocycles. The Bertz CT molecular complexity index is 253. The summed E-state index contributed by atoms with van der Waals surface area (Å²) >= 11 is 0. The van der Waals surface area contributed by atoms with E-state index in [4.69, 9.17) is 15.9 Å². The largest absolute Gasteiger partial charge is 0.481 e. The molecule has 1 aliphatic rings. The summed E-state index contributed by atoms with van der Waals surface area (Å²) in [6, 6.07) is 0. The van der Waals surface area contributed by atoms with Crippen LogP contribution in [0.15, 0.2) is 0 Å². The first-order chi connectivity index (χ1) is 5.87. The molecule has 0 aromatic heterocycles. The summed E-state index contributed by atoms with van der Waals surface area (Å²) < 4.78 is 0. The molecule has 5 nitrogen and oxygen atoms in total. The Labute approximate surface area is 75.5 Å². The summed E-state index contributed by atoms with van der Waals surface area (Å²) in [7, 11) is 0. The van der Waals surface area contributed by atoms with Gasteiger partial charge in [-0.15, -0.1) is 0 Å². The average molecular weight is 187 g/mol. The van der Waals surface area contributed by atoms with E-state index in [9.17, 15) is 9.59 Å². The van der Waals surface area contributed by atoms with Crippen LogP contribution in [0, 0.1) is 11.8 Å². The van der Waals surface area contributed by atoms with E-state index in [1.54, 1.807) is 6.92 Å². The Morgan fingerprint density at radius 3 is 2.15 bits per heavy atom. The lowest BCUT2D eigenvalue weighted by Gasteiger charge is -2.16. The van der Waals surface area contributed by atoms with E-state index in [2.05, 4.69) is 0 Å². The molecule has 0 spiro atoms. The van der Waals surface area contributed by atoms with E-state index in [1.807, 2.05) is 0 Å². The third-order valence-corrected chi connectivity index (χ3v) is 2.70. The van der Waals surface area contributed by atoms with Crippen LogP contribution in [0.5, 0.6) is 0 Å². The van der Waals surface area contributed by atoms with E-state index in [0.717, 1.165) is 0 Å². The van der Waals surface area contributed by atoms with Gasteiger partial charge < -0.3 is 15.9 Å². The fourth-order valence-electron chi connectivity index (χ4n) is 1.90. The number of carboxylic acid groups (broad SMARTS) is 2. The summed E-state index contributed by atoms with van der Waals surface area (Å²) in [6.45, 7) is 1.72. The van der Waals surface area contributed by atoms with E-state index >= 15 is 0 Å². The average Bonchev–Trinajstić information content (AvgIpc) is 2.28. The van der Waals surface area contributed by atoms with Crippen molar-refractivity contribution >= 4 is 11.9 Å². The molecule has 0 radical (unpaired) electrons. The molecule has 0 aromatic carbocycles. The van der Waals surface area contributed by atoms with Gasteiger partial charge in [0.1, 0.15) is 5.54 Å². The van der Waals surface area contributed by atoms with Gasteiger partial charge in [-0.3, -0.25) is 9.59 Å². The summed E-state index contributed by atoms with van der Waals surface area (Å²) in [5.74, 6) is -2.86. The van der Waals surface area contributed by atoms with Crippen LogP contribution in [0.3, 0.4) is 0 Å². The highest BCUT2D eigenvalue weighted by molar-refractivity contribution is 5.81. The molecule has 1 aliphatic carbocycles. The van der Waals surface area contributed by atoms with Crippen molar-refractivity contribution in [2.24, 2.45) is 17.6 Å². The van der Waals surface area contributed by atoms with Gasteiger partial charge >= 0.3 is 11.9 Å². The second-order valence-corrected chi connectivity index (χ2v) is 3.79. The number of rotatable bonds is 2. The highest BCUT2D eigenvalue weighted by Crippen LogP contribution is 2.37. The topological polar surface area (TPSA) is 101 Å². The zero-order chi connectivity index (χ0) is 10.2. The predicted octanol–water partition coefficient (Wildman–Crippen LogP) is -0.101. The van der Waals surface area contributed by atoms with Gasteiger partial charge in [0.2, 0.25) is 0 Å². The van der Waals surface area contributed by atoms with Gasteiger partial charge in [0.25, 0.3) is 0 Å². The minimum atomic E-state index is -1.34.